The monoisotopic (exact) mass is 364 g/mol. The molecule has 0 radical (unpaired) electrons. The smallest absolute Gasteiger partial charge is 0.237 e. The Morgan fingerprint density at radius 1 is 1.00 bits per heavy atom. The molecule has 0 spiro atoms. The molecule has 0 unspecified atom stereocenters. The second kappa shape index (κ2) is 7.95. The van der Waals surface area contributed by atoms with Crippen molar-refractivity contribution in [3.05, 3.63) is 65.7 Å². The molecule has 1 heterocycles. The third kappa shape index (κ3) is 3.48. The van der Waals surface area contributed by atoms with Gasteiger partial charge in [-0.15, -0.1) is 0 Å². The maximum Gasteiger partial charge on any atom is 0.237 e. The fourth-order valence-corrected chi connectivity index (χ4v) is 4.22. The number of nitrogens with zero attached hydrogens (tertiary/aromatic N) is 2. The molecule has 2 amide bonds. The number of anilines is 1. The number of rotatable bonds is 7. The normalized spacial score (nSPS) is 18.5. The lowest BCUT2D eigenvalue weighted by Gasteiger charge is -2.29. The van der Waals surface area contributed by atoms with Crippen molar-refractivity contribution in [2.24, 2.45) is 0 Å². The van der Waals surface area contributed by atoms with Crippen LogP contribution in [0.5, 0.6) is 0 Å². The molecule has 3 rings (SSSR count). The molecule has 0 N–H and O–H groups in total. The lowest BCUT2D eigenvalue weighted by atomic mass is 9.73. The van der Waals surface area contributed by atoms with E-state index in [2.05, 4.69) is 12.1 Å². The summed E-state index contributed by atoms with van der Waals surface area (Å²) in [5.74, 6) is 0.201. The van der Waals surface area contributed by atoms with Gasteiger partial charge in [0.2, 0.25) is 11.8 Å². The number of carbonyl (C=O) groups excluding carboxylic acids is 2. The Labute approximate surface area is 161 Å². The second-order valence-corrected chi connectivity index (χ2v) is 7.19. The predicted octanol–water partition coefficient (Wildman–Crippen LogP) is 3.79. The Hall–Kier alpha value is -2.62. The van der Waals surface area contributed by atoms with E-state index in [1.165, 1.54) is 0 Å². The molecule has 4 heteroatoms. The molecule has 27 heavy (non-hydrogen) atoms. The van der Waals surface area contributed by atoms with Crippen LogP contribution < -0.4 is 4.90 Å². The third-order valence-corrected chi connectivity index (χ3v) is 5.73. The molecule has 2 aromatic carbocycles. The second-order valence-electron chi connectivity index (χ2n) is 7.19. The van der Waals surface area contributed by atoms with Crippen LogP contribution in [0.2, 0.25) is 0 Å². The summed E-state index contributed by atoms with van der Waals surface area (Å²) in [6.07, 6.45) is 1.51. The first-order valence-electron chi connectivity index (χ1n) is 9.73. The van der Waals surface area contributed by atoms with Gasteiger partial charge in [-0.2, -0.15) is 0 Å². The molecular formula is C23H28N2O2. The van der Waals surface area contributed by atoms with Crippen molar-refractivity contribution in [3.8, 4) is 0 Å². The van der Waals surface area contributed by atoms with Gasteiger partial charge in [0.05, 0.1) is 5.41 Å². The lowest BCUT2D eigenvalue weighted by molar-refractivity contribution is -0.131. The number of fused-ring (bicyclic) bond motifs is 1. The van der Waals surface area contributed by atoms with Crippen molar-refractivity contribution in [2.45, 2.75) is 38.5 Å². The molecule has 0 saturated carbocycles. The summed E-state index contributed by atoms with van der Waals surface area (Å²) in [5.41, 5.74) is 2.42. The molecule has 0 aliphatic carbocycles. The van der Waals surface area contributed by atoms with Crippen molar-refractivity contribution in [1.82, 2.24) is 4.90 Å². The zero-order valence-corrected chi connectivity index (χ0v) is 16.4. The van der Waals surface area contributed by atoms with Gasteiger partial charge in [0.25, 0.3) is 0 Å². The van der Waals surface area contributed by atoms with Gasteiger partial charge in [-0.25, -0.2) is 0 Å². The zero-order chi connectivity index (χ0) is 19.4. The largest absolute Gasteiger partial charge is 0.343 e. The molecule has 2 aromatic rings. The van der Waals surface area contributed by atoms with Crippen LogP contribution in [0.1, 0.15) is 37.8 Å². The molecule has 0 saturated heterocycles. The van der Waals surface area contributed by atoms with Crippen LogP contribution in [0.25, 0.3) is 0 Å². The molecule has 1 aliphatic rings. The van der Waals surface area contributed by atoms with Gasteiger partial charge in [-0.1, -0.05) is 48.5 Å². The average Bonchev–Trinajstić information content (AvgIpc) is 2.91. The van der Waals surface area contributed by atoms with Gasteiger partial charge < -0.3 is 9.80 Å². The standard InChI is InChI=1S/C23H28N2O2/c1-4-25(5-2)21(26)15-16-23(17-18-11-7-6-8-12-18)19-13-9-10-14-20(19)24(3)22(23)27/h6-14H,4-5,15-17H2,1-3H3/t23-/m0/s1. The molecule has 4 nitrogen and oxygen atoms in total. The van der Waals surface area contributed by atoms with Gasteiger partial charge in [0, 0.05) is 32.2 Å². The average molecular weight is 364 g/mol. The minimum Gasteiger partial charge on any atom is -0.343 e. The fourth-order valence-electron chi connectivity index (χ4n) is 4.22. The van der Waals surface area contributed by atoms with Crippen LogP contribution in [0.15, 0.2) is 54.6 Å². The first-order valence-corrected chi connectivity index (χ1v) is 9.73. The summed E-state index contributed by atoms with van der Waals surface area (Å²) in [4.78, 5) is 29.7. The Morgan fingerprint density at radius 2 is 1.63 bits per heavy atom. The van der Waals surface area contributed by atoms with Crippen LogP contribution in [0.4, 0.5) is 5.69 Å². The van der Waals surface area contributed by atoms with Crippen LogP contribution in [-0.2, 0) is 21.4 Å². The number of hydrogen-bond donors (Lipinski definition) is 0. The highest BCUT2D eigenvalue weighted by Gasteiger charge is 2.49. The Balaban J connectivity index is 1.98. The highest BCUT2D eigenvalue weighted by atomic mass is 16.2. The van der Waals surface area contributed by atoms with Crippen molar-refractivity contribution in [2.75, 3.05) is 25.0 Å². The zero-order valence-electron chi connectivity index (χ0n) is 16.4. The van der Waals surface area contributed by atoms with E-state index < -0.39 is 5.41 Å². The van der Waals surface area contributed by atoms with Crippen LogP contribution in [0.3, 0.4) is 0 Å². The van der Waals surface area contributed by atoms with E-state index >= 15 is 0 Å². The minimum absolute atomic E-state index is 0.0832. The van der Waals surface area contributed by atoms with Gasteiger partial charge >= 0.3 is 0 Å². The fraction of sp³-hybridized carbons (Fsp3) is 0.391. The first kappa shape index (κ1) is 19.2. The molecule has 0 fully saturated rings. The lowest BCUT2D eigenvalue weighted by Crippen LogP contribution is -2.42. The summed E-state index contributed by atoms with van der Waals surface area (Å²) in [6, 6.07) is 18.1. The van der Waals surface area contributed by atoms with E-state index in [4.69, 9.17) is 0 Å². The number of benzene rings is 2. The summed E-state index contributed by atoms with van der Waals surface area (Å²) in [5, 5.41) is 0. The summed E-state index contributed by atoms with van der Waals surface area (Å²) >= 11 is 0. The van der Waals surface area contributed by atoms with Gasteiger partial charge in [0.15, 0.2) is 0 Å². The third-order valence-electron chi connectivity index (χ3n) is 5.73. The Morgan fingerprint density at radius 3 is 2.30 bits per heavy atom. The van der Waals surface area contributed by atoms with Crippen LogP contribution in [-0.4, -0.2) is 36.9 Å². The van der Waals surface area contributed by atoms with Crippen LogP contribution in [0, 0.1) is 0 Å². The van der Waals surface area contributed by atoms with Crippen LogP contribution >= 0.6 is 0 Å². The summed E-state index contributed by atoms with van der Waals surface area (Å²) in [7, 11) is 1.83. The van der Waals surface area contributed by atoms with Gasteiger partial charge in [-0.05, 0) is 43.9 Å². The van der Waals surface area contributed by atoms with E-state index in [0.29, 0.717) is 32.4 Å². The van der Waals surface area contributed by atoms with Crippen molar-refractivity contribution >= 4 is 17.5 Å². The van der Waals surface area contributed by atoms with Crippen molar-refractivity contribution < 1.29 is 9.59 Å². The summed E-state index contributed by atoms with van der Waals surface area (Å²) in [6.45, 7) is 5.38. The van der Waals surface area contributed by atoms with Gasteiger partial charge in [-0.3, -0.25) is 9.59 Å². The number of carbonyl (C=O) groups is 2. The molecule has 1 aliphatic heterocycles. The van der Waals surface area contributed by atoms with Crippen molar-refractivity contribution in [3.63, 3.8) is 0 Å². The molecule has 1 atom stereocenters. The SMILES string of the molecule is CCN(CC)C(=O)CC[C@@]1(Cc2ccccc2)C(=O)N(C)c2ccccc21. The topological polar surface area (TPSA) is 40.6 Å². The summed E-state index contributed by atoms with van der Waals surface area (Å²) < 4.78 is 0. The van der Waals surface area contributed by atoms with Crippen molar-refractivity contribution in [1.29, 1.82) is 0 Å². The quantitative estimate of drug-likeness (QED) is 0.750. The molecule has 0 aromatic heterocycles. The number of likely N-dealkylation sites (N-methyl/N-ethyl adjacent to an activating group) is 1. The highest BCUT2D eigenvalue weighted by molar-refractivity contribution is 6.08. The Bertz CT molecular complexity index is 814. The molecular weight excluding hydrogens is 336 g/mol. The Kier molecular flexibility index (Phi) is 5.64. The molecule has 142 valence electrons. The maximum atomic E-state index is 13.4. The highest BCUT2D eigenvalue weighted by Crippen LogP contribution is 2.46. The number of para-hydroxylation sites is 1. The van der Waals surface area contributed by atoms with E-state index in [1.807, 2.05) is 68.3 Å². The van der Waals surface area contributed by atoms with E-state index in [0.717, 1.165) is 16.8 Å². The van der Waals surface area contributed by atoms with E-state index in [1.54, 1.807) is 4.90 Å². The molecule has 0 bridgehead atoms. The maximum absolute atomic E-state index is 13.4. The first-order chi connectivity index (χ1) is 13.0. The van der Waals surface area contributed by atoms with E-state index in [-0.39, 0.29) is 11.8 Å². The minimum atomic E-state index is -0.685. The number of amides is 2. The van der Waals surface area contributed by atoms with Gasteiger partial charge in [0.1, 0.15) is 0 Å². The van der Waals surface area contributed by atoms with E-state index in [9.17, 15) is 9.59 Å². The predicted molar refractivity (Wildman–Crippen MR) is 109 cm³/mol. The number of hydrogen-bond acceptors (Lipinski definition) is 2.